The molecule has 0 saturated carbocycles. The quantitative estimate of drug-likeness (QED) is 0.844. The molecule has 0 aliphatic carbocycles. The lowest BCUT2D eigenvalue weighted by molar-refractivity contribution is 0.0942. The van der Waals surface area contributed by atoms with Crippen LogP contribution in [0.5, 0.6) is 0 Å². The normalized spacial score (nSPS) is 9.90. The highest BCUT2D eigenvalue weighted by atomic mass is 35.5. The molecule has 0 saturated heterocycles. The smallest absolute Gasteiger partial charge is 0.269 e. The van der Waals surface area contributed by atoms with Gasteiger partial charge in [-0.1, -0.05) is 48.5 Å². The summed E-state index contributed by atoms with van der Waals surface area (Å²) in [4.78, 5) is 12.0. The molecule has 20 heavy (non-hydrogen) atoms. The summed E-state index contributed by atoms with van der Waals surface area (Å²) in [6.45, 7) is 5.77. The Morgan fingerprint density at radius 2 is 1.70 bits per heavy atom. The van der Waals surface area contributed by atoms with Crippen molar-refractivity contribution in [3.63, 3.8) is 0 Å². The summed E-state index contributed by atoms with van der Waals surface area (Å²) < 4.78 is 0. The monoisotopic (exact) mass is 286 g/mol. The first kappa shape index (κ1) is 14.2. The predicted molar refractivity (Wildman–Crippen MR) is 82.3 cm³/mol. The molecule has 0 aliphatic heterocycles. The van der Waals surface area contributed by atoms with Gasteiger partial charge >= 0.3 is 0 Å². The van der Waals surface area contributed by atoms with Crippen LogP contribution in [0.15, 0.2) is 55.1 Å². The Kier molecular flexibility index (Phi) is 4.43. The molecular formula is C16H15ClN2O. The van der Waals surface area contributed by atoms with E-state index in [1.807, 2.05) is 37.3 Å². The number of carbonyl (C=O) groups excluding carboxylic acids is 1. The van der Waals surface area contributed by atoms with E-state index < -0.39 is 0 Å². The molecule has 1 amide bonds. The summed E-state index contributed by atoms with van der Waals surface area (Å²) in [5, 5.41) is 0.658. The number of rotatable bonds is 4. The number of hydrogen-bond donors (Lipinski definition) is 2. The second kappa shape index (κ2) is 6.26. The van der Waals surface area contributed by atoms with Crippen molar-refractivity contribution in [3.05, 3.63) is 76.8 Å². The second-order valence-electron chi connectivity index (χ2n) is 4.38. The van der Waals surface area contributed by atoms with E-state index in [9.17, 15) is 4.79 Å². The highest BCUT2D eigenvalue weighted by Crippen LogP contribution is 2.14. The van der Waals surface area contributed by atoms with Crippen LogP contribution < -0.4 is 10.9 Å². The zero-order valence-corrected chi connectivity index (χ0v) is 11.9. The lowest BCUT2D eigenvalue weighted by Crippen LogP contribution is -2.36. The maximum Gasteiger partial charge on any atom is 0.269 e. The van der Waals surface area contributed by atoms with E-state index in [1.165, 1.54) is 0 Å². The van der Waals surface area contributed by atoms with Crippen LogP contribution in [0.25, 0.3) is 5.70 Å². The standard InChI is InChI=1S/C16H15ClN2O/c1-11-5-3-4-6-15(11)16(20)19-18-12(2)13-7-9-14(17)10-8-13/h3-10,18H,2H2,1H3,(H,19,20). The van der Waals surface area contributed by atoms with Crippen LogP contribution in [0.2, 0.25) is 5.02 Å². The number of halogens is 1. The summed E-state index contributed by atoms with van der Waals surface area (Å²) >= 11 is 5.82. The molecule has 2 rings (SSSR count). The molecule has 0 unspecified atom stereocenters. The van der Waals surface area contributed by atoms with Gasteiger partial charge in [0, 0.05) is 10.6 Å². The molecule has 0 radical (unpaired) electrons. The van der Waals surface area contributed by atoms with Crippen LogP contribution in [-0.2, 0) is 0 Å². The average molecular weight is 287 g/mol. The molecule has 4 heteroatoms. The van der Waals surface area contributed by atoms with Gasteiger partial charge in [0.05, 0.1) is 5.70 Å². The summed E-state index contributed by atoms with van der Waals surface area (Å²) in [6.07, 6.45) is 0. The first-order chi connectivity index (χ1) is 9.58. The number of benzene rings is 2. The van der Waals surface area contributed by atoms with Crippen LogP contribution in [0, 0.1) is 6.92 Å². The van der Waals surface area contributed by atoms with Gasteiger partial charge in [0.2, 0.25) is 0 Å². The Hall–Kier alpha value is -2.26. The average Bonchev–Trinajstić information content (AvgIpc) is 2.45. The molecule has 0 aromatic heterocycles. The zero-order chi connectivity index (χ0) is 14.5. The van der Waals surface area contributed by atoms with Gasteiger partial charge in [-0.25, -0.2) is 0 Å². The van der Waals surface area contributed by atoms with Crippen LogP contribution >= 0.6 is 11.6 Å². The number of aryl methyl sites for hydroxylation is 1. The first-order valence-corrected chi connectivity index (χ1v) is 6.52. The molecule has 0 bridgehead atoms. The SMILES string of the molecule is C=C(NNC(=O)c1ccccc1C)c1ccc(Cl)cc1. The van der Waals surface area contributed by atoms with Gasteiger partial charge < -0.3 is 0 Å². The van der Waals surface area contributed by atoms with Crippen molar-refractivity contribution >= 4 is 23.2 Å². The van der Waals surface area contributed by atoms with Gasteiger partial charge in [0.25, 0.3) is 5.91 Å². The van der Waals surface area contributed by atoms with Gasteiger partial charge in [-0.2, -0.15) is 0 Å². The molecule has 0 atom stereocenters. The van der Waals surface area contributed by atoms with E-state index in [1.54, 1.807) is 18.2 Å². The largest absolute Gasteiger partial charge is 0.298 e. The second-order valence-corrected chi connectivity index (χ2v) is 4.82. The molecule has 2 aromatic carbocycles. The van der Waals surface area contributed by atoms with Gasteiger partial charge in [-0.15, -0.1) is 0 Å². The lowest BCUT2D eigenvalue weighted by atomic mass is 10.1. The molecule has 0 aliphatic rings. The van der Waals surface area contributed by atoms with Crippen molar-refractivity contribution in [1.29, 1.82) is 0 Å². The highest BCUT2D eigenvalue weighted by Gasteiger charge is 2.08. The molecule has 102 valence electrons. The molecule has 3 nitrogen and oxygen atoms in total. The number of carbonyl (C=O) groups is 1. The van der Waals surface area contributed by atoms with E-state index in [-0.39, 0.29) is 5.91 Å². The van der Waals surface area contributed by atoms with Crippen molar-refractivity contribution in [2.24, 2.45) is 0 Å². The third-order valence-corrected chi connectivity index (χ3v) is 3.16. The van der Waals surface area contributed by atoms with Gasteiger partial charge in [0.15, 0.2) is 0 Å². The topological polar surface area (TPSA) is 41.1 Å². The van der Waals surface area contributed by atoms with Crippen molar-refractivity contribution < 1.29 is 4.79 Å². The number of nitrogens with one attached hydrogen (secondary N) is 2. The lowest BCUT2D eigenvalue weighted by Gasteiger charge is -2.12. The number of hydrogen-bond acceptors (Lipinski definition) is 2. The van der Waals surface area contributed by atoms with Gasteiger partial charge in [0.1, 0.15) is 0 Å². The predicted octanol–water partition coefficient (Wildman–Crippen LogP) is 3.55. The van der Waals surface area contributed by atoms with E-state index in [2.05, 4.69) is 17.4 Å². The molecule has 2 aromatic rings. The molecule has 0 heterocycles. The summed E-state index contributed by atoms with van der Waals surface area (Å²) in [7, 11) is 0. The van der Waals surface area contributed by atoms with Crippen molar-refractivity contribution in [2.45, 2.75) is 6.92 Å². The highest BCUT2D eigenvalue weighted by molar-refractivity contribution is 6.30. The summed E-state index contributed by atoms with van der Waals surface area (Å²) in [6, 6.07) is 14.6. The van der Waals surface area contributed by atoms with Crippen LogP contribution in [0.1, 0.15) is 21.5 Å². The summed E-state index contributed by atoms with van der Waals surface area (Å²) in [5.74, 6) is -0.196. The first-order valence-electron chi connectivity index (χ1n) is 6.15. The Morgan fingerprint density at radius 3 is 2.35 bits per heavy atom. The fourth-order valence-electron chi connectivity index (χ4n) is 1.75. The number of amides is 1. The Balaban J connectivity index is 1.99. The molecule has 0 spiro atoms. The molecular weight excluding hydrogens is 272 g/mol. The third-order valence-electron chi connectivity index (χ3n) is 2.91. The third kappa shape index (κ3) is 3.39. The zero-order valence-electron chi connectivity index (χ0n) is 11.1. The maximum absolute atomic E-state index is 12.0. The van der Waals surface area contributed by atoms with E-state index >= 15 is 0 Å². The van der Waals surface area contributed by atoms with Crippen LogP contribution in [0.4, 0.5) is 0 Å². The molecule has 2 N–H and O–H groups in total. The minimum Gasteiger partial charge on any atom is -0.298 e. The minimum absolute atomic E-state index is 0.196. The molecule has 0 fully saturated rings. The Labute approximate surface area is 123 Å². The maximum atomic E-state index is 12.0. The van der Waals surface area contributed by atoms with Gasteiger partial charge in [-0.3, -0.25) is 15.6 Å². The minimum atomic E-state index is -0.196. The van der Waals surface area contributed by atoms with E-state index in [4.69, 9.17) is 11.6 Å². The van der Waals surface area contributed by atoms with E-state index in [0.717, 1.165) is 11.1 Å². The van der Waals surface area contributed by atoms with Crippen molar-refractivity contribution in [1.82, 2.24) is 10.9 Å². The number of hydrazine groups is 1. The Morgan fingerprint density at radius 1 is 1.05 bits per heavy atom. The van der Waals surface area contributed by atoms with E-state index in [0.29, 0.717) is 16.3 Å². The Bertz CT molecular complexity index is 635. The van der Waals surface area contributed by atoms with Gasteiger partial charge in [-0.05, 0) is 36.2 Å². The fourth-order valence-corrected chi connectivity index (χ4v) is 1.88. The van der Waals surface area contributed by atoms with Crippen LogP contribution in [-0.4, -0.2) is 5.91 Å². The van der Waals surface area contributed by atoms with Crippen molar-refractivity contribution in [3.8, 4) is 0 Å². The van der Waals surface area contributed by atoms with Crippen LogP contribution in [0.3, 0.4) is 0 Å². The summed E-state index contributed by atoms with van der Waals surface area (Å²) in [5.41, 5.74) is 8.45. The van der Waals surface area contributed by atoms with Crippen molar-refractivity contribution in [2.75, 3.05) is 0 Å². The fraction of sp³-hybridized carbons (Fsp3) is 0.0625.